The van der Waals surface area contributed by atoms with E-state index in [0.29, 0.717) is 6.42 Å². The van der Waals surface area contributed by atoms with Crippen molar-refractivity contribution in [1.29, 1.82) is 5.26 Å². The Morgan fingerprint density at radius 3 is 2.75 bits per heavy atom. The number of likely N-dealkylation sites (N-methyl/N-ethyl adjacent to an activating group) is 1. The van der Waals surface area contributed by atoms with Crippen LogP contribution in [0.3, 0.4) is 0 Å². The van der Waals surface area contributed by atoms with Gasteiger partial charge < -0.3 is 9.80 Å². The van der Waals surface area contributed by atoms with Crippen LogP contribution in [0, 0.1) is 17.2 Å². The van der Waals surface area contributed by atoms with Crippen LogP contribution < -0.4 is 0 Å². The molecule has 1 fully saturated rings. The Morgan fingerprint density at radius 1 is 1.38 bits per heavy atom. The number of rotatable bonds is 3. The first kappa shape index (κ1) is 13.0. The molecule has 0 bridgehead atoms. The van der Waals surface area contributed by atoms with Gasteiger partial charge in [-0.25, -0.2) is 0 Å². The molecule has 0 aromatic carbocycles. The zero-order chi connectivity index (χ0) is 12.0. The highest BCUT2D eigenvalue weighted by Gasteiger charge is 2.24. The van der Waals surface area contributed by atoms with Crippen LogP contribution in [0.1, 0.15) is 26.2 Å². The third-order valence-electron chi connectivity index (χ3n) is 3.06. The van der Waals surface area contributed by atoms with E-state index in [1.807, 2.05) is 11.8 Å². The normalized spacial score (nSPS) is 19.9. The van der Waals surface area contributed by atoms with Gasteiger partial charge in [-0.2, -0.15) is 5.26 Å². The van der Waals surface area contributed by atoms with Crippen molar-refractivity contribution in [3.05, 3.63) is 0 Å². The molecular formula is C12H21N3O. The van der Waals surface area contributed by atoms with Crippen LogP contribution >= 0.6 is 0 Å². The van der Waals surface area contributed by atoms with E-state index in [0.717, 1.165) is 39.0 Å². The number of nitrogens with zero attached hydrogens (tertiary/aromatic N) is 3. The number of carbonyl (C=O) groups is 1. The van der Waals surface area contributed by atoms with Gasteiger partial charge in [0.15, 0.2) is 0 Å². The second-order valence-electron chi connectivity index (χ2n) is 4.45. The SMILES string of the molecule is CCCC(C#N)C(=O)N1CCCN(C)CC1. The van der Waals surface area contributed by atoms with E-state index in [4.69, 9.17) is 5.26 Å². The minimum Gasteiger partial charge on any atom is -0.340 e. The minimum absolute atomic E-state index is 0.0275. The Hall–Kier alpha value is -1.08. The molecule has 1 aliphatic heterocycles. The second-order valence-corrected chi connectivity index (χ2v) is 4.45. The Kier molecular flexibility index (Phi) is 5.27. The van der Waals surface area contributed by atoms with E-state index >= 15 is 0 Å². The summed E-state index contributed by atoms with van der Waals surface area (Å²) in [5, 5.41) is 8.97. The van der Waals surface area contributed by atoms with Gasteiger partial charge in [-0.15, -0.1) is 0 Å². The third-order valence-corrected chi connectivity index (χ3v) is 3.06. The molecule has 4 heteroatoms. The van der Waals surface area contributed by atoms with Crippen molar-refractivity contribution in [2.75, 3.05) is 33.2 Å². The van der Waals surface area contributed by atoms with E-state index in [9.17, 15) is 4.79 Å². The summed E-state index contributed by atoms with van der Waals surface area (Å²) in [6, 6.07) is 2.13. The summed E-state index contributed by atoms with van der Waals surface area (Å²) in [5.74, 6) is -0.409. The smallest absolute Gasteiger partial charge is 0.239 e. The van der Waals surface area contributed by atoms with Crippen LogP contribution in [0.25, 0.3) is 0 Å². The van der Waals surface area contributed by atoms with Crippen molar-refractivity contribution in [3.63, 3.8) is 0 Å². The molecule has 1 aliphatic rings. The summed E-state index contributed by atoms with van der Waals surface area (Å²) in [4.78, 5) is 16.1. The fraction of sp³-hybridized carbons (Fsp3) is 0.833. The van der Waals surface area contributed by atoms with Gasteiger partial charge in [0.05, 0.1) is 6.07 Å². The lowest BCUT2D eigenvalue weighted by Crippen LogP contribution is -2.38. The van der Waals surface area contributed by atoms with Gasteiger partial charge in [0.25, 0.3) is 0 Å². The van der Waals surface area contributed by atoms with E-state index in [1.165, 1.54) is 0 Å². The Balaban J connectivity index is 2.55. The molecule has 0 N–H and O–H groups in total. The lowest BCUT2D eigenvalue weighted by molar-refractivity contribution is -0.133. The van der Waals surface area contributed by atoms with Gasteiger partial charge in [0.1, 0.15) is 5.92 Å². The fourth-order valence-corrected chi connectivity index (χ4v) is 2.02. The van der Waals surface area contributed by atoms with Crippen LogP contribution in [-0.2, 0) is 4.79 Å². The number of amides is 1. The minimum atomic E-state index is -0.437. The summed E-state index contributed by atoms with van der Waals surface area (Å²) in [7, 11) is 2.07. The molecule has 0 radical (unpaired) electrons. The van der Waals surface area contributed by atoms with Gasteiger partial charge in [-0.1, -0.05) is 13.3 Å². The Bertz CT molecular complexity index is 272. The van der Waals surface area contributed by atoms with Crippen LogP contribution in [0.4, 0.5) is 0 Å². The maximum absolute atomic E-state index is 12.1. The van der Waals surface area contributed by atoms with Crippen molar-refractivity contribution in [1.82, 2.24) is 9.80 Å². The molecule has 0 aromatic heterocycles. The van der Waals surface area contributed by atoms with Crippen molar-refractivity contribution in [2.45, 2.75) is 26.2 Å². The molecule has 0 aliphatic carbocycles. The van der Waals surface area contributed by atoms with E-state index in [2.05, 4.69) is 18.0 Å². The average Bonchev–Trinajstić information content (AvgIpc) is 2.50. The number of nitriles is 1. The quantitative estimate of drug-likeness (QED) is 0.719. The van der Waals surface area contributed by atoms with E-state index in [1.54, 1.807) is 0 Å². The molecule has 1 atom stereocenters. The number of hydrogen-bond acceptors (Lipinski definition) is 3. The summed E-state index contributed by atoms with van der Waals surface area (Å²) in [5.41, 5.74) is 0. The standard InChI is InChI=1S/C12H21N3O/c1-3-5-11(10-13)12(16)15-7-4-6-14(2)8-9-15/h11H,3-9H2,1-2H3. The van der Waals surface area contributed by atoms with Crippen LogP contribution in [0.2, 0.25) is 0 Å². The summed E-state index contributed by atoms with van der Waals surface area (Å²) in [6.07, 6.45) is 2.58. The van der Waals surface area contributed by atoms with Crippen molar-refractivity contribution < 1.29 is 4.79 Å². The lowest BCUT2D eigenvalue weighted by Gasteiger charge is -2.22. The fourth-order valence-electron chi connectivity index (χ4n) is 2.02. The largest absolute Gasteiger partial charge is 0.340 e. The lowest BCUT2D eigenvalue weighted by atomic mass is 10.0. The van der Waals surface area contributed by atoms with Gasteiger partial charge in [0, 0.05) is 19.6 Å². The van der Waals surface area contributed by atoms with E-state index < -0.39 is 5.92 Å². The van der Waals surface area contributed by atoms with Gasteiger partial charge in [0.2, 0.25) is 5.91 Å². The van der Waals surface area contributed by atoms with Crippen LogP contribution in [-0.4, -0.2) is 48.9 Å². The van der Waals surface area contributed by atoms with E-state index in [-0.39, 0.29) is 5.91 Å². The van der Waals surface area contributed by atoms with Crippen LogP contribution in [0.5, 0.6) is 0 Å². The zero-order valence-corrected chi connectivity index (χ0v) is 10.3. The molecule has 1 saturated heterocycles. The predicted molar refractivity (Wildman–Crippen MR) is 62.7 cm³/mol. The maximum Gasteiger partial charge on any atom is 0.239 e. The first-order valence-corrected chi connectivity index (χ1v) is 6.06. The number of hydrogen-bond donors (Lipinski definition) is 0. The zero-order valence-electron chi connectivity index (χ0n) is 10.3. The van der Waals surface area contributed by atoms with Crippen molar-refractivity contribution in [3.8, 4) is 6.07 Å². The monoisotopic (exact) mass is 223 g/mol. The summed E-state index contributed by atoms with van der Waals surface area (Å²) >= 11 is 0. The van der Waals surface area contributed by atoms with Crippen LogP contribution in [0.15, 0.2) is 0 Å². The Labute approximate surface area is 97.8 Å². The van der Waals surface area contributed by atoms with Gasteiger partial charge in [-0.05, 0) is 26.4 Å². The molecule has 0 spiro atoms. The molecule has 1 amide bonds. The molecule has 0 aromatic rings. The molecular weight excluding hydrogens is 202 g/mol. The molecule has 1 heterocycles. The molecule has 1 unspecified atom stereocenters. The summed E-state index contributed by atoms with van der Waals surface area (Å²) < 4.78 is 0. The highest BCUT2D eigenvalue weighted by Crippen LogP contribution is 2.11. The van der Waals surface area contributed by atoms with Crippen molar-refractivity contribution >= 4 is 5.91 Å². The molecule has 0 saturated carbocycles. The predicted octanol–water partition coefficient (Wildman–Crippen LogP) is 1.09. The highest BCUT2D eigenvalue weighted by molar-refractivity contribution is 5.81. The molecule has 1 rings (SSSR count). The molecule has 4 nitrogen and oxygen atoms in total. The number of carbonyl (C=O) groups excluding carboxylic acids is 1. The third kappa shape index (κ3) is 3.49. The molecule has 16 heavy (non-hydrogen) atoms. The average molecular weight is 223 g/mol. The first-order chi connectivity index (χ1) is 7.69. The first-order valence-electron chi connectivity index (χ1n) is 6.06. The van der Waals surface area contributed by atoms with Gasteiger partial charge >= 0.3 is 0 Å². The van der Waals surface area contributed by atoms with Crippen molar-refractivity contribution in [2.24, 2.45) is 5.92 Å². The second kappa shape index (κ2) is 6.49. The maximum atomic E-state index is 12.1. The van der Waals surface area contributed by atoms with Gasteiger partial charge in [-0.3, -0.25) is 4.79 Å². The Morgan fingerprint density at radius 2 is 2.12 bits per heavy atom. The molecule has 90 valence electrons. The topological polar surface area (TPSA) is 47.3 Å². The summed E-state index contributed by atoms with van der Waals surface area (Å²) in [6.45, 7) is 5.51. The highest BCUT2D eigenvalue weighted by atomic mass is 16.2.